The van der Waals surface area contributed by atoms with Gasteiger partial charge in [-0.3, -0.25) is 0 Å². The molecule has 14 heavy (non-hydrogen) atoms. The number of pyridine rings is 1. The van der Waals surface area contributed by atoms with Crippen molar-refractivity contribution in [2.24, 2.45) is 0 Å². The number of hydrogen-bond acceptors (Lipinski definition) is 4. The maximum Gasteiger partial charge on any atom is 0.282 e. The van der Waals surface area contributed by atoms with Crippen LogP contribution >= 0.6 is 0 Å². The van der Waals surface area contributed by atoms with E-state index < -0.39 is 12.1 Å². The third-order valence-corrected chi connectivity index (χ3v) is 1.69. The molecule has 0 aliphatic rings. The van der Waals surface area contributed by atoms with Crippen LogP contribution in [0.3, 0.4) is 0 Å². The molecule has 0 fully saturated rings. The van der Waals surface area contributed by atoms with Gasteiger partial charge in [-0.05, 0) is 6.07 Å². The molecule has 0 amide bonds. The number of ether oxygens (including phenoxy) is 1. The van der Waals surface area contributed by atoms with E-state index >= 15 is 0 Å². The van der Waals surface area contributed by atoms with Crippen LogP contribution in [0.15, 0.2) is 6.07 Å². The molecule has 3 N–H and O–H groups in total. The summed E-state index contributed by atoms with van der Waals surface area (Å²) in [5.74, 6) is -0.0306. The third kappa shape index (κ3) is 1.90. The Morgan fingerprint density at radius 3 is 2.71 bits per heavy atom. The molecule has 1 aromatic rings. The minimum Gasteiger partial charge on any atom is -0.481 e. The molecule has 0 saturated carbocycles. The highest BCUT2D eigenvalue weighted by Crippen LogP contribution is 2.28. The second-order valence-electron chi connectivity index (χ2n) is 2.59. The zero-order valence-corrected chi connectivity index (χ0v) is 7.50. The molecule has 6 heteroatoms. The van der Waals surface area contributed by atoms with Crippen molar-refractivity contribution in [1.29, 1.82) is 0 Å². The van der Waals surface area contributed by atoms with Crippen molar-refractivity contribution in [3.63, 3.8) is 0 Å². The predicted octanol–water partition coefficient (Wildman–Crippen LogP) is 1.10. The van der Waals surface area contributed by atoms with Gasteiger partial charge >= 0.3 is 0 Å². The largest absolute Gasteiger partial charge is 0.481 e. The van der Waals surface area contributed by atoms with Gasteiger partial charge in [0.15, 0.2) is 0 Å². The molecular weight excluding hydrogens is 194 g/mol. The molecule has 0 unspecified atom stereocenters. The Morgan fingerprint density at radius 2 is 2.29 bits per heavy atom. The quantitative estimate of drug-likeness (QED) is 0.773. The average Bonchev–Trinajstić information content (AvgIpc) is 2.16. The van der Waals surface area contributed by atoms with Crippen molar-refractivity contribution < 1.29 is 18.6 Å². The maximum absolute atomic E-state index is 12.3. The zero-order chi connectivity index (χ0) is 10.7. The van der Waals surface area contributed by atoms with Crippen molar-refractivity contribution in [1.82, 2.24) is 4.98 Å². The number of aliphatic hydroxyl groups is 1. The van der Waals surface area contributed by atoms with E-state index in [0.29, 0.717) is 0 Å². The van der Waals surface area contributed by atoms with Crippen molar-refractivity contribution in [2.45, 2.75) is 13.0 Å². The third-order valence-electron chi connectivity index (χ3n) is 1.69. The number of nitrogen functional groups attached to an aromatic ring is 1. The van der Waals surface area contributed by atoms with Crippen LogP contribution in [0.5, 0.6) is 5.88 Å². The number of aliphatic hydroxyl groups excluding tert-OH is 1. The van der Waals surface area contributed by atoms with Gasteiger partial charge in [-0.25, -0.2) is 13.8 Å². The summed E-state index contributed by atoms with van der Waals surface area (Å²) in [5.41, 5.74) is 4.92. The number of anilines is 1. The fourth-order valence-electron chi connectivity index (χ4n) is 1.03. The summed E-state index contributed by atoms with van der Waals surface area (Å²) in [6.07, 6.45) is -2.75. The minimum atomic E-state index is -2.75. The van der Waals surface area contributed by atoms with E-state index in [1.807, 2.05) is 0 Å². The van der Waals surface area contributed by atoms with Crippen LogP contribution in [0.2, 0.25) is 0 Å². The Hall–Kier alpha value is -1.43. The molecular formula is C8H10F2N2O2. The van der Waals surface area contributed by atoms with Gasteiger partial charge in [0.05, 0.1) is 19.4 Å². The summed E-state index contributed by atoms with van der Waals surface area (Å²) in [4.78, 5) is 3.50. The first-order valence-electron chi connectivity index (χ1n) is 3.82. The Bertz CT molecular complexity index is 331. The summed E-state index contributed by atoms with van der Waals surface area (Å²) in [5, 5.41) is 8.84. The summed E-state index contributed by atoms with van der Waals surface area (Å²) < 4.78 is 29.4. The van der Waals surface area contributed by atoms with Crippen LogP contribution in [-0.4, -0.2) is 17.2 Å². The van der Waals surface area contributed by atoms with E-state index in [9.17, 15) is 8.78 Å². The summed E-state index contributed by atoms with van der Waals surface area (Å²) >= 11 is 0. The van der Waals surface area contributed by atoms with Gasteiger partial charge in [0, 0.05) is 5.56 Å². The van der Waals surface area contributed by atoms with Crippen molar-refractivity contribution >= 4 is 5.69 Å². The number of rotatable bonds is 3. The molecule has 0 aliphatic carbocycles. The highest BCUT2D eigenvalue weighted by molar-refractivity contribution is 5.49. The minimum absolute atomic E-state index is 0.0306. The van der Waals surface area contributed by atoms with Gasteiger partial charge in [0.25, 0.3) is 6.43 Å². The molecule has 0 saturated heterocycles. The standard InChI is InChI=1S/C8H10F2N2O2/c1-14-8-4(3-13)2-5(11)6(12-8)7(9)10/h2,7,13H,3,11H2,1H3. The number of nitrogens with two attached hydrogens (primary N) is 1. The van der Waals surface area contributed by atoms with E-state index in [2.05, 4.69) is 4.98 Å². The molecule has 1 rings (SSSR count). The van der Waals surface area contributed by atoms with E-state index in [0.717, 1.165) is 0 Å². The number of alkyl halides is 2. The lowest BCUT2D eigenvalue weighted by atomic mass is 10.2. The summed E-state index contributed by atoms with van der Waals surface area (Å²) in [7, 11) is 1.28. The summed E-state index contributed by atoms with van der Waals surface area (Å²) in [6, 6.07) is 1.23. The van der Waals surface area contributed by atoms with Gasteiger partial charge in [-0.15, -0.1) is 0 Å². The Kier molecular flexibility index (Phi) is 3.19. The molecule has 0 spiro atoms. The number of aromatic nitrogens is 1. The average molecular weight is 204 g/mol. The number of hydrogen-bond donors (Lipinski definition) is 2. The maximum atomic E-state index is 12.3. The highest BCUT2D eigenvalue weighted by atomic mass is 19.3. The highest BCUT2D eigenvalue weighted by Gasteiger charge is 2.17. The van der Waals surface area contributed by atoms with Crippen LogP contribution in [0.1, 0.15) is 17.7 Å². The first-order chi connectivity index (χ1) is 6.60. The van der Waals surface area contributed by atoms with Gasteiger partial charge in [-0.1, -0.05) is 0 Å². The molecule has 0 radical (unpaired) electrons. The lowest BCUT2D eigenvalue weighted by molar-refractivity contribution is 0.145. The number of methoxy groups -OCH3 is 1. The second kappa shape index (κ2) is 4.19. The van der Waals surface area contributed by atoms with Crippen LogP contribution in [0, 0.1) is 0 Å². The van der Waals surface area contributed by atoms with Gasteiger partial charge < -0.3 is 15.6 Å². The summed E-state index contributed by atoms with van der Waals surface area (Å²) in [6.45, 7) is -0.357. The number of nitrogens with zero attached hydrogens (tertiary/aromatic N) is 1. The van der Waals surface area contributed by atoms with Crippen LogP contribution in [0.4, 0.5) is 14.5 Å². The van der Waals surface area contributed by atoms with E-state index in [1.54, 1.807) is 0 Å². The molecule has 0 aliphatic heterocycles. The predicted molar refractivity (Wildman–Crippen MR) is 46.1 cm³/mol. The van der Waals surface area contributed by atoms with Crippen molar-refractivity contribution in [3.05, 3.63) is 17.3 Å². The molecule has 78 valence electrons. The zero-order valence-electron chi connectivity index (χ0n) is 7.50. The molecule has 1 heterocycles. The van der Waals surface area contributed by atoms with Crippen molar-refractivity contribution in [3.8, 4) is 5.88 Å². The topological polar surface area (TPSA) is 68.4 Å². The van der Waals surface area contributed by atoms with Gasteiger partial charge in [-0.2, -0.15) is 0 Å². The first-order valence-corrected chi connectivity index (χ1v) is 3.82. The Morgan fingerprint density at radius 1 is 1.64 bits per heavy atom. The molecule has 0 bridgehead atoms. The fourth-order valence-corrected chi connectivity index (χ4v) is 1.03. The molecule has 0 aromatic carbocycles. The van der Waals surface area contributed by atoms with E-state index in [4.69, 9.17) is 15.6 Å². The lowest BCUT2D eigenvalue weighted by Crippen LogP contribution is -2.04. The smallest absolute Gasteiger partial charge is 0.282 e. The van der Waals surface area contributed by atoms with Crippen molar-refractivity contribution in [2.75, 3.05) is 12.8 Å². The van der Waals surface area contributed by atoms with Crippen LogP contribution in [0.25, 0.3) is 0 Å². The SMILES string of the molecule is COc1nc(C(F)F)c(N)cc1CO. The van der Waals surface area contributed by atoms with E-state index in [1.165, 1.54) is 13.2 Å². The van der Waals surface area contributed by atoms with E-state index in [-0.39, 0.29) is 23.7 Å². The normalized spacial score (nSPS) is 10.6. The fraction of sp³-hybridized carbons (Fsp3) is 0.375. The Balaban J connectivity index is 3.23. The lowest BCUT2D eigenvalue weighted by Gasteiger charge is -2.09. The molecule has 1 aromatic heterocycles. The number of halogens is 2. The van der Waals surface area contributed by atoms with Gasteiger partial charge in [0.1, 0.15) is 5.69 Å². The molecule has 0 atom stereocenters. The molecule has 4 nitrogen and oxygen atoms in total. The Labute approximate surface area is 79.3 Å². The second-order valence-corrected chi connectivity index (χ2v) is 2.59. The van der Waals surface area contributed by atoms with Crippen LogP contribution < -0.4 is 10.5 Å². The van der Waals surface area contributed by atoms with Crippen LogP contribution in [-0.2, 0) is 6.61 Å². The monoisotopic (exact) mass is 204 g/mol. The first kappa shape index (κ1) is 10.6. The van der Waals surface area contributed by atoms with Gasteiger partial charge in [0.2, 0.25) is 5.88 Å².